The van der Waals surface area contributed by atoms with E-state index in [2.05, 4.69) is 22.6 Å². The Balaban J connectivity index is 1.42. The van der Waals surface area contributed by atoms with E-state index in [1.54, 1.807) is 17.9 Å². The van der Waals surface area contributed by atoms with Gasteiger partial charge in [0.15, 0.2) is 5.69 Å². The highest BCUT2D eigenvalue weighted by Crippen LogP contribution is 2.19. The van der Waals surface area contributed by atoms with Gasteiger partial charge in [0.25, 0.3) is 5.91 Å². The van der Waals surface area contributed by atoms with Gasteiger partial charge in [0, 0.05) is 32.2 Å². The predicted molar refractivity (Wildman–Crippen MR) is 128 cm³/mol. The largest absolute Gasteiger partial charge is 0.376 e. The maximum Gasteiger partial charge on any atom is 0.276 e. The van der Waals surface area contributed by atoms with E-state index in [-0.39, 0.29) is 42.6 Å². The van der Waals surface area contributed by atoms with Crippen LogP contribution in [-0.4, -0.2) is 47.7 Å². The third-order valence-corrected chi connectivity index (χ3v) is 6.01. The van der Waals surface area contributed by atoms with Gasteiger partial charge in [-0.2, -0.15) is 0 Å². The molecule has 1 aliphatic rings. The number of amides is 2. The second kappa shape index (κ2) is 11.6. The molecule has 0 bridgehead atoms. The minimum atomic E-state index is -0.246. The van der Waals surface area contributed by atoms with Crippen molar-refractivity contribution in [2.45, 2.75) is 44.8 Å². The van der Waals surface area contributed by atoms with Gasteiger partial charge < -0.3 is 19.5 Å². The third-order valence-electron chi connectivity index (χ3n) is 6.01. The Morgan fingerprint density at radius 1 is 1.12 bits per heavy atom. The van der Waals surface area contributed by atoms with E-state index < -0.39 is 0 Å². The number of aromatic nitrogens is 1. The number of hydrogen-bond acceptors (Lipinski definition) is 5. The van der Waals surface area contributed by atoms with Crippen LogP contribution in [0.15, 0.2) is 71.3 Å². The average Bonchev–Trinajstić information content (AvgIpc) is 3.54. The van der Waals surface area contributed by atoms with Gasteiger partial charge in [0.1, 0.15) is 5.76 Å². The second-order valence-electron chi connectivity index (χ2n) is 8.68. The summed E-state index contributed by atoms with van der Waals surface area (Å²) in [6.45, 7) is 3.17. The number of benzene rings is 2. The predicted octanol–water partition coefficient (Wildman–Crippen LogP) is 4.09. The van der Waals surface area contributed by atoms with Crippen LogP contribution in [0.4, 0.5) is 0 Å². The molecule has 2 amide bonds. The fourth-order valence-electron chi connectivity index (χ4n) is 4.23. The highest BCUT2D eigenvalue weighted by molar-refractivity contribution is 5.92. The zero-order valence-electron chi connectivity index (χ0n) is 19.5. The number of nitrogens with one attached hydrogen (secondary N) is 1. The Bertz CT molecular complexity index is 1060. The first kappa shape index (κ1) is 23.7. The molecule has 7 nitrogen and oxygen atoms in total. The highest BCUT2D eigenvalue weighted by atomic mass is 16.5. The molecule has 2 aromatic carbocycles. The molecule has 1 aliphatic heterocycles. The van der Waals surface area contributed by atoms with Crippen LogP contribution in [0.3, 0.4) is 0 Å². The lowest BCUT2D eigenvalue weighted by atomic mass is 9.98. The molecule has 2 heterocycles. The minimum absolute atomic E-state index is 0.0184. The van der Waals surface area contributed by atoms with E-state index in [9.17, 15) is 9.59 Å². The number of nitrogens with zero attached hydrogens (tertiary/aromatic N) is 2. The lowest BCUT2D eigenvalue weighted by Crippen LogP contribution is -2.40. The molecule has 1 aromatic heterocycles. The lowest BCUT2D eigenvalue weighted by Gasteiger charge is -2.25. The van der Waals surface area contributed by atoms with Crippen molar-refractivity contribution in [3.63, 3.8) is 0 Å². The molecular weight excluding hydrogens is 430 g/mol. The Morgan fingerprint density at radius 2 is 1.85 bits per heavy atom. The van der Waals surface area contributed by atoms with Gasteiger partial charge in [-0.1, -0.05) is 65.8 Å². The molecule has 3 aromatic rings. The summed E-state index contributed by atoms with van der Waals surface area (Å²) in [6.07, 6.45) is 2.74. The van der Waals surface area contributed by atoms with Gasteiger partial charge in [-0.25, -0.2) is 0 Å². The van der Waals surface area contributed by atoms with Gasteiger partial charge in [0.05, 0.1) is 12.1 Å². The molecule has 7 heteroatoms. The topological polar surface area (TPSA) is 84.7 Å². The third kappa shape index (κ3) is 6.54. The molecule has 0 unspecified atom stereocenters. The second-order valence-corrected chi connectivity index (χ2v) is 8.68. The van der Waals surface area contributed by atoms with E-state index >= 15 is 0 Å². The van der Waals surface area contributed by atoms with Crippen molar-refractivity contribution in [1.82, 2.24) is 15.4 Å². The van der Waals surface area contributed by atoms with Crippen molar-refractivity contribution in [2.75, 3.05) is 19.7 Å². The van der Waals surface area contributed by atoms with Crippen LogP contribution in [0, 0.1) is 6.92 Å². The van der Waals surface area contributed by atoms with E-state index in [0.717, 1.165) is 24.0 Å². The monoisotopic (exact) mass is 461 g/mol. The summed E-state index contributed by atoms with van der Waals surface area (Å²) in [5, 5.41) is 7.04. The van der Waals surface area contributed by atoms with Crippen molar-refractivity contribution in [3.8, 4) is 0 Å². The maximum absolute atomic E-state index is 13.1. The summed E-state index contributed by atoms with van der Waals surface area (Å²) in [7, 11) is 0. The summed E-state index contributed by atoms with van der Waals surface area (Å²) < 4.78 is 10.8. The van der Waals surface area contributed by atoms with Gasteiger partial charge in [-0.15, -0.1) is 0 Å². The summed E-state index contributed by atoms with van der Waals surface area (Å²) >= 11 is 0. The van der Waals surface area contributed by atoms with E-state index in [1.165, 1.54) is 0 Å². The number of hydrogen-bond donors (Lipinski definition) is 1. The Morgan fingerprint density at radius 3 is 2.50 bits per heavy atom. The Kier molecular flexibility index (Phi) is 8.09. The van der Waals surface area contributed by atoms with Crippen LogP contribution in [0.2, 0.25) is 0 Å². The fraction of sp³-hybridized carbons (Fsp3) is 0.370. The SMILES string of the molecule is Cc1cc(C(=O)N(CCC(=O)N[C@@H](Cc2ccccc2)c2ccccc2)C[C@H]2CCCO2)no1. The van der Waals surface area contributed by atoms with Crippen molar-refractivity contribution in [3.05, 3.63) is 89.3 Å². The number of rotatable bonds is 10. The summed E-state index contributed by atoms with van der Waals surface area (Å²) in [6, 6.07) is 21.5. The van der Waals surface area contributed by atoms with Crippen LogP contribution in [0.25, 0.3) is 0 Å². The zero-order chi connectivity index (χ0) is 23.8. The van der Waals surface area contributed by atoms with Gasteiger partial charge in [0.2, 0.25) is 5.91 Å². The Labute approximate surface area is 200 Å². The number of carbonyl (C=O) groups is 2. The molecule has 0 radical (unpaired) electrons. The Hall–Kier alpha value is -3.45. The molecule has 0 spiro atoms. The van der Waals surface area contributed by atoms with Gasteiger partial charge >= 0.3 is 0 Å². The number of ether oxygens (including phenoxy) is 1. The molecule has 1 N–H and O–H groups in total. The van der Waals surface area contributed by atoms with Crippen molar-refractivity contribution in [2.24, 2.45) is 0 Å². The summed E-state index contributed by atoms with van der Waals surface area (Å²) in [4.78, 5) is 27.7. The summed E-state index contributed by atoms with van der Waals surface area (Å²) in [5.74, 6) is 0.222. The van der Waals surface area contributed by atoms with E-state index in [0.29, 0.717) is 25.3 Å². The average molecular weight is 462 g/mol. The van der Waals surface area contributed by atoms with Crippen LogP contribution < -0.4 is 5.32 Å². The minimum Gasteiger partial charge on any atom is -0.376 e. The molecule has 1 saturated heterocycles. The highest BCUT2D eigenvalue weighted by Gasteiger charge is 2.26. The van der Waals surface area contributed by atoms with E-state index in [1.807, 2.05) is 48.5 Å². The standard InChI is InChI=1S/C27H31N3O4/c1-20-17-25(29-34-20)27(32)30(19-23-13-8-16-33-23)15-14-26(31)28-24(22-11-6-3-7-12-22)18-21-9-4-2-5-10-21/h2-7,9-12,17,23-24H,8,13-16,18-19H2,1H3,(H,28,31)/t23-,24+/m1/s1. The number of aryl methyl sites for hydroxylation is 1. The van der Waals surface area contributed by atoms with Crippen LogP contribution in [-0.2, 0) is 16.0 Å². The van der Waals surface area contributed by atoms with Crippen LogP contribution >= 0.6 is 0 Å². The zero-order valence-corrected chi connectivity index (χ0v) is 19.5. The first-order valence-electron chi connectivity index (χ1n) is 11.8. The molecular formula is C27H31N3O4. The molecule has 1 fully saturated rings. The first-order chi connectivity index (χ1) is 16.6. The molecule has 0 saturated carbocycles. The number of carbonyl (C=O) groups excluding carboxylic acids is 2. The van der Waals surface area contributed by atoms with Crippen LogP contribution in [0.1, 0.15) is 52.7 Å². The van der Waals surface area contributed by atoms with Crippen molar-refractivity contribution in [1.29, 1.82) is 0 Å². The lowest BCUT2D eigenvalue weighted by molar-refractivity contribution is -0.122. The molecule has 4 rings (SSSR count). The van der Waals surface area contributed by atoms with Gasteiger partial charge in [-0.05, 0) is 37.3 Å². The fourth-order valence-corrected chi connectivity index (χ4v) is 4.23. The molecule has 2 atom stereocenters. The maximum atomic E-state index is 13.1. The smallest absolute Gasteiger partial charge is 0.276 e. The van der Waals surface area contributed by atoms with E-state index in [4.69, 9.17) is 9.26 Å². The normalized spacial score (nSPS) is 16.2. The molecule has 178 valence electrons. The quantitative estimate of drug-likeness (QED) is 0.492. The van der Waals surface area contributed by atoms with Gasteiger partial charge in [-0.3, -0.25) is 9.59 Å². The van der Waals surface area contributed by atoms with Crippen molar-refractivity contribution < 1.29 is 18.8 Å². The molecule has 0 aliphatic carbocycles. The van der Waals surface area contributed by atoms with Crippen molar-refractivity contribution >= 4 is 11.8 Å². The first-order valence-corrected chi connectivity index (χ1v) is 11.8. The summed E-state index contributed by atoms with van der Waals surface area (Å²) in [5.41, 5.74) is 2.44. The molecule has 34 heavy (non-hydrogen) atoms. The van der Waals surface area contributed by atoms with Crippen LogP contribution in [0.5, 0.6) is 0 Å².